The summed E-state index contributed by atoms with van der Waals surface area (Å²) in [5.74, 6) is 0.210. The summed E-state index contributed by atoms with van der Waals surface area (Å²) in [5.41, 5.74) is 6.51. The van der Waals surface area contributed by atoms with Crippen LogP contribution < -0.4 is 10.6 Å². The molecule has 1 unspecified atom stereocenters. The van der Waals surface area contributed by atoms with Crippen LogP contribution in [0.25, 0.3) is 0 Å². The fraction of sp³-hybridized carbons (Fsp3) is 0.556. The van der Waals surface area contributed by atoms with Gasteiger partial charge in [-0.3, -0.25) is 9.59 Å². The molecule has 1 heterocycles. The number of para-hydroxylation sites is 1. The van der Waals surface area contributed by atoms with Gasteiger partial charge in [-0.15, -0.1) is 12.4 Å². The molecular weight excluding hydrogens is 361 g/mol. The van der Waals surface area contributed by atoms with Gasteiger partial charge in [0, 0.05) is 19.5 Å². The third-order valence-corrected chi connectivity index (χ3v) is 5.73. The summed E-state index contributed by atoms with van der Waals surface area (Å²) < 4.78 is 0. The zero-order valence-corrected chi connectivity index (χ0v) is 15.9. The van der Waals surface area contributed by atoms with Gasteiger partial charge in [0.2, 0.25) is 11.8 Å². The number of benzene rings is 1. The monoisotopic (exact) mass is 385 g/mol. The van der Waals surface area contributed by atoms with Crippen LogP contribution in [0.3, 0.4) is 0 Å². The third-order valence-electron chi connectivity index (χ3n) is 5.41. The van der Waals surface area contributed by atoms with E-state index in [0.29, 0.717) is 30.2 Å². The number of anilines is 1. The SMILES string of the molecule is CN(C(=O)[C@@H]1CCC[C@@H]1CN)C1CCN(c2ccccc2Cl)C1=O.Cl. The van der Waals surface area contributed by atoms with Crippen LogP contribution in [0.1, 0.15) is 25.7 Å². The Hall–Kier alpha value is -1.30. The lowest BCUT2D eigenvalue weighted by atomic mass is 9.94. The molecule has 5 nitrogen and oxygen atoms in total. The van der Waals surface area contributed by atoms with Crippen LogP contribution >= 0.6 is 24.0 Å². The first kappa shape index (κ1) is 20.0. The van der Waals surface area contributed by atoms with Gasteiger partial charge in [0.25, 0.3) is 0 Å². The van der Waals surface area contributed by atoms with E-state index in [1.807, 2.05) is 18.2 Å². The van der Waals surface area contributed by atoms with Gasteiger partial charge in [-0.25, -0.2) is 0 Å². The molecule has 2 amide bonds. The number of carbonyl (C=O) groups is 2. The van der Waals surface area contributed by atoms with Gasteiger partial charge in [-0.05, 0) is 43.9 Å². The number of amides is 2. The molecule has 0 aromatic heterocycles. The second-order valence-electron chi connectivity index (χ2n) is 6.73. The highest BCUT2D eigenvalue weighted by Gasteiger charge is 2.41. The van der Waals surface area contributed by atoms with Gasteiger partial charge in [0.05, 0.1) is 10.7 Å². The maximum absolute atomic E-state index is 12.8. The maximum Gasteiger partial charge on any atom is 0.249 e. The van der Waals surface area contributed by atoms with Crippen molar-refractivity contribution in [2.45, 2.75) is 31.7 Å². The normalized spacial score (nSPS) is 25.8. The van der Waals surface area contributed by atoms with E-state index in [-0.39, 0.29) is 36.1 Å². The highest BCUT2D eigenvalue weighted by atomic mass is 35.5. The molecule has 3 rings (SSSR count). The van der Waals surface area contributed by atoms with Crippen LogP contribution in [0.15, 0.2) is 24.3 Å². The van der Waals surface area contributed by atoms with E-state index in [1.54, 1.807) is 22.9 Å². The fourth-order valence-electron chi connectivity index (χ4n) is 3.99. The van der Waals surface area contributed by atoms with Crippen molar-refractivity contribution in [3.63, 3.8) is 0 Å². The molecule has 0 radical (unpaired) electrons. The van der Waals surface area contributed by atoms with Crippen LogP contribution in [0.4, 0.5) is 5.69 Å². The Kier molecular flexibility index (Phi) is 6.72. The van der Waals surface area contributed by atoms with Crippen molar-refractivity contribution < 1.29 is 9.59 Å². The van der Waals surface area contributed by atoms with Crippen LogP contribution in [0.5, 0.6) is 0 Å². The first-order valence-corrected chi connectivity index (χ1v) is 8.95. The van der Waals surface area contributed by atoms with E-state index in [2.05, 4.69) is 0 Å². The zero-order chi connectivity index (χ0) is 17.3. The molecule has 1 aliphatic carbocycles. The van der Waals surface area contributed by atoms with Crippen LogP contribution in [0.2, 0.25) is 5.02 Å². The summed E-state index contributed by atoms with van der Waals surface area (Å²) in [5, 5.41) is 0.555. The first-order valence-electron chi connectivity index (χ1n) is 8.57. The van der Waals surface area contributed by atoms with Gasteiger partial charge in [-0.1, -0.05) is 30.2 Å². The second kappa shape index (κ2) is 8.39. The number of rotatable bonds is 4. The average Bonchev–Trinajstić information content (AvgIpc) is 3.20. The van der Waals surface area contributed by atoms with E-state index in [9.17, 15) is 9.59 Å². The van der Waals surface area contributed by atoms with E-state index < -0.39 is 6.04 Å². The molecule has 0 bridgehead atoms. The van der Waals surface area contributed by atoms with Gasteiger partial charge in [0.15, 0.2) is 0 Å². The topological polar surface area (TPSA) is 66.6 Å². The highest BCUT2D eigenvalue weighted by molar-refractivity contribution is 6.34. The Morgan fingerprint density at radius 1 is 1.32 bits per heavy atom. The van der Waals surface area contributed by atoms with Crippen molar-refractivity contribution in [2.24, 2.45) is 17.6 Å². The predicted molar refractivity (Wildman–Crippen MR) is 102 cm³/mol. The summed E-state index contributed by atoms with van der Waals surface area (Å²) in [7, 11) is 1.74. The molecule has 7 heteroatoms. The molecule has 2 aliphatic rings. The number of likely N-dealkylation sites (N-methyl/N-ethyl adjacent to an activating group) is 1. The molecule has 25 heavy (non-hydrogen) atoms. The summed E-state index contributed by atoms with van der Waals surface area (Å²) in [6.07, 6.45) is 3.55. The maximum atomic E-state index is 12.8. The minimum absolute atomic E-state index is 0. The van der Waals surface area contributed by atoms with Gasteiger partial charge >= 0.3 is 0 Å². The Bertz CT molecular complexity index is 641. The molecular formula is C18H25Cl2N3O2. The zero-order valence-electron chi connectivity index (χ0n) is 14.4. The Morgan fingerprint density at radius 3 is 2.72 bits per heavy atom. The predicted octanol–water partition coefficient (Wildman–Crippen LogP) is 2.70. The lowest BCUT2D eigenvalue weighted by Crippen LogP contribution is -2.46. The lowest BCUT2D eigenvalue weighted by Gasteiger charge is -2.28. The molecule has 2 fully saturated rings. The van der Waals surface area contributed by atoms with Crippen molar-refractivity contribution in [3.05, 3.63) is 29.3 Å². The Morgan fingerprint density at radius 2 is 2.04 bits per heavy atom. The molecule has 1 aliphatic heterocycles. The summed E-state index contributed by atoms with van der Waals surface area (Å²) in [6.45, 7) is 1.12. The summed E-state index contributed by atoms with van der Waals surface area (Å²) >= 11 is 6.21. The van der Waals surface area contributed by atoms with Crippen molar-refractivity contribution in [1.82, 2.24) is 4.90 Å². The second-order valence-corrected chi connectivity index (χ2v) is 7.14. The molecule has 1 aromatic rings. The third kappa shape index (κ3) is 3.78. The molecule has 1 aromatic carbocycles. The number of halogens is 2. The van der Waals surface area contributed by atoms with Crippen molar-refractivity contribution in [1.29, 1.82) is 0 Å². The van der Waals surface area contributed by atoms with E-state index in [0.717, 1.165) is 19.3 Å². The van der Waals surface area contributed by atoms with E-state index in [4.69, 9.17) is 17.3 Å². The minimum Gasteiger partial charge on any atom is -0.333 e. The van der Waals surface area contributed by atoms with Gasteiger partial charge in [-0.2, -0.15) is 0 Å². The highest BCUT2D eigenvalue weighted by Crippen LogP contribution is 2.34. The standard InChI is InChI=1S/C18H24ClN3O2.ClH/c1-21(17(23)13-6-4-5-12(13)11-20)16-9-10-22(18(16)24)15-8-3-2-7-14(15)19;/h2-3,7-8,12-13,16H,4-6,9-11,20H2,1H3;1H/t12-,13-,16?;/m1./s1. The number of hydrogen-bond donors (Lipinski definition) is 1. The largest absolute Gasteiger partial charge is 0.333 e. The average molecular weight is 386 g/mol. The number of carbonyl (C=O) groups excluding carboxylic acids is 2. The number of hydrogen-bond acceptors (Lipinski definition) is 3. The summed E-state index contributed by atoms with van der Waals surface area (Å²) in [4.78, 5) is 29.0. The molecule has 1 saturated carbocycles. The smallest absolute Gasteiger partial charge is 0.249 e. The number of nitrogens with two attached hydrogens (primary N) is 1. The van der Waals surface area contributed by atoms with Crippen LogP contribution in [0, 0.1) is 11.8 Å². The lowest BCUT2D eigenvalue weighted by molar-refractivity contribution is -0.141. The summed E-state index contributed by atoms with van der Waals surface area (Å²) in [6, 6.07) is 6.91. The quantitative estimate of drug-likeness (QED) is 0.865. The van der Waals surface area contributed by atoms with Crippen LogP contribution in [-0.4, -0.2) is 42.9 Å². The Labute approximate surface area is 159 Å². The van der Waals surface area contributed by atoms with E-state index in [1.165, 1.54) is 0 Å². The molecule has 138 valence electrons. The fourth-order valence-corrected chi connectivity index (χ4v) is 4.23. The molecule has 2 N–H and O–H groups in total. The minimum atomic E-state index is -0.409. The van der Waals surface area contributed by atoms with Crippen LogP contribution in [-0.2, 0) is 9.59 Å². The van der Waals surface area contributed by atoms with Crippen molar-refractivity contribution >= 4 is 41.5 Å². The van der Waals surface area contributed by atoms with Crippen molar-refractivity contribution in [3.8, 4) is 0 Å². The number of nitrogens with zero attached hydrogens (tertiary/aromatic N) is 2. The Balaban J connectivity index is 0.00000225. The van der Waals surface area contributed by atoms with Crippen molar-refractivity contribution in [2.75, 3.05) is 25.0 Å². The van der Waals surface area contributed by atoms with Gasteiger partial charge in [0.1, 0.15) is 6.04 Å². The van der Waals surface area contributed by atoms with Gasteiger partial charge < -0.3 is 15.5 Å². The molecule has 0 spiro atoms. The van der Waals surface area contributed by atoms with E-state index >= 15 is 0 Å². The molecule has 1 saturated heterocycles. The first-order chi connectivity index (χ1) is 11.5. The molecule has 3 atom stereocenters.